The Morgan fingerprint density at radius 2 is 1.65 bits per heavy atom. The molecule has 0 amide bonds. The fourth-order valence-electron chi connectivity index (χ4n) is 3.19. The van der Waals surface area contributed by atoms with Crippen LogP contribution in [0, 0.1) is 11.8 Å². The highest BCUT2D eigenvalue weighted by atomic mass is 19.4. The van der Waals surface area contributed by atoms with Crippen LogP contribution in [0.3, 0.4) is 0 Å². The van der Waals surface area contributed by atoms with Gasteiger partial charge in [0.1, 0.15) is 18.9 Å². The van der Waals surface area contributed by atoms with Crippen LogP contribution >= 0.6 is 0 Å². The first-order valence-corrected chi connectivity index (χ1v) is 7.93. The van der Waals surface area contributed by atoms with Gasteiger partial charge in [-0.05, 0) is 19.3 Å². The molecule has 1 aliphatic carbocycles. The maximum absolute atomic E-state index is 14.7. The van der Waals surface area contributed by atoms with E-state index in [-0.39, 0.29) is 26.6 Å². The zero-order valence-electron chi connectivity index (χ0n) is 14.5. The van der Waals surface area contributed by atoms with Gasteiger partial charge in [-0.15, -0.1) is 0 Å². The molecule has 1 fully saturated rings. The number of hydrogen-bond donors (Lipinski definition) is 0. The van der Waals surface area contributed by atoms with Gasteiger partial charge in [-0.1, -0.05) is 13.3 Å². The lowest BCUT2D eigenvalue weighted by molar-refractivity contribution is -0.405. The molecule has 1 aliphatic rings. The Morgan fingerprint density at radius 3 is 2.08 bits per heavy atom. The molecular formula is C15H22F8O3. The third kappa shape index (κ3) is 4.24. The van der Waals surface area contributed by atoms with Crippen molar-refractivity contribution in [1.29, 1.82) is 0 Å². The van der Waals surface area contributed by atoms with Gasteiger partial charge in [-0.25, -0.2) is 22.0 Å². The van der Waals surface area contributed by atoms with E-state index in [0.717, 1.165) is 0 Å². The third-order valence-electron chi connectivity index (χ3n) is 4.60. The summed E-state index contributed by atoms with van der Waals surface area (Å²) in [5.74, 6) is -14.8. The third-order valence-corrected chi connectivity index (χ3v) is 4.60. The molecule has 156 valence electrons. The van der Waals surface area contributed by atoms with Crippen molar-refractivity contribution >= 4 is 0 Å². The van der Waals surface area contributed by atoms with Crippen LogP contribution in [-0.4, -0.2) is 56.9 Å². The molecule has 4 unspecified atom stereocenters. The molecule has 0 saturated heterocycles. The highest BCUT2D eigenvalue weighted by Gasteiger charge is 2.80. The summed E-state index contributed by atoms with van der Waals surface area (Å²) in [4.78, 5) is 0. The van der Waals surface area contributed by atoms with Gasteiger partial charge in [-0.3, -0.25) is 0 Å². The predicted molar refractivity (Wildman–Crippen MR) is 74.9 cm³/mol. The van der Waals surface area contributed by atoms with Gasteiger partial charge in [0.15, 0.2) is 0 Å². The van der Waals surface area contributed by atoms with Gasteiger partial charge >= 0.3 is 6.18 Å². The Balaban J connectivity index is 3.31. The number of hydrogen-bond acceptors (Lipinski definition) is 3. The van der Waals surface area contributed by atoms with Crippen molar-refractivity contribution in [3.05, 3.63) is 0 Å². The lowest BCUT2D eigenvalue weighted by Gasteiger charge is -2.52. The minimum Gasteiger partial charge on any atom is -0.382 e. The summed E-state index contributed by atoms with van der Waals surface area (Å²) in [5, 5.41) is 0. The van der Waals surface area contributed by atoms with Crippen LogP contribution in [0.2, 0.25) is 0 Å². The molecule has 4 atom stereocenters. The average Bonchev–Trinajstić information content (AvgIpc) is 2.45. The van der Waals surface area contributed by atoms with E-state index < -0.39 is 54.8 Å². The Hall–Kier alpha value is -0.680. The molecule has 0 heterocycles. The summed E-state index contributed by atoms with van der Waals surface area (Å²) in [7, 11) is 1.28. The van der Waals surface area contributed by atoms with Crippen molar-refractivity contribution in [2.24, 2.45) is 11.8 Å². The van der Waals surface area contributed by atoms with Gasteiger partial charge in [0.05, 0.1) is 13.2 Å². The fourth-order valence-corrected chi connectivity index (χ4v) is 3.19. The van der Waals surface area contributed by atoms with Crippen LogP contribution < -0.4 is 0 Å². The maximum Gasteiger partial charge on any atom is 0.423 e. The van der Waals surface area contributed by atoms with Crippen LogP contribution in [0.1, 0.15) is 26.7 Å². The van der Waals surface area contributed by atoms with E-state index in [9.17, 15) is 35.1 Å². The van der Waals surface area contributed by atoms with E-state index in [4.69, 9.17) is 0 Å². The summed E-state index contributed by atoms with van der Waals surface area (Å²) in [6.45, 7) is -0.313. The van der Waals surface area contributed by atoms with Gasteiger partial charge in [0, 0.05) is 7.11 Å². The highest BCUT2D eigenvalue weighted by Crippen LogP contribution is 2.60. The lowest BCUT2D eigenvalue weighted by Crippen LogP contribution is -2.71. The molecule has 1 saturated carbocycles. The maximum atomic E-state index is 14.7. The second-order valence-corrected chi connectivity index (χ2v) is 6.36. The van der Waals surface area contributed by atoms with Crippen molar-refractivity contribution < 1.29 is 49.3 Å². The molecule has 0 spiro atoms. The normalized spacial score (nSPS) is 32.7. The Labute approximate surface area is 146 Å². The summed E-state index contributed by atoms with van der Waals surface area (Å²) in [5.41, 5.74) is -4.28. The zero-order valence-corrected chi connectivity index (χ0v) is 14.5. The minimum absolute atomic E-state index is 0.0214. The van der Waals surface area contributed by atoms with Crippen LogP contribution in [0.4, 0.5) is 35.1 Å². The van der Waals surface area contributed by atoms with Gasteiger partial charge in [0.25, 0.3) is 11.8 Å². The smallest absolute Gasteiger partial charge is 0.382 e. The SMILES string of the molecule is CCC1CC(OCOCCOC)(C(F)(F)F)C(F)(F)C(C(C)(F)F)C1F. The largest absolute Gasteiger partial charge is 0.423 e. The Bertz CT molecular complexity index is 451. The molecule has 0 aliphatic heterocycles. The van der Waals surface area contributed by atoms with Crippen molar-refractivity contribution in [2.45, 2.75) is 56.5 Å². The molecule has 0 N–H and O–H groups in total. The zero-order chi connectivity index (χ0) is 20.4. The summed E-state index contributed by atoms with van der Waals surface area (Å²) in [6.07, 6.45) is -10.4. The summed E-state index contributed by atoms with van der Waals surface area (Å²) in [6, 6.07) is 0. The van der Waals surface area contributed by atoms with E-state index in [1.54, 1.807) is 0 Å². The number of alkyl halides is 8. The standard InChI is InChI=1S/C15H22F8O3/c1-4-9-7-13(15(21,22)23,26-8-25-6-5-24-3)14(19,20)11(10(9)16)12(2,17)18/h9-11H,4-8H2,1-3H3. The summed E-state index contributed by atoms with van der Waals surface area (Å²) >= 11 is 0. The fraction of sp³-hybridized carbons (Fsp3) is 1.00. The van der Waals surface area contributed by atoms with Crippen molar-refractivity contribution in [3.8, 4) is 0 Å². The van der Waals surface area contributed by atoms with E-state index in [1.807, 2.05) is 0 Å². The number of halogens is 8. The quantitative estimate of drug-likeness (QED) is 0.338. The lowest BCUT2D eigenvalue weighted by atomic mass is 9.65. The van der Waals surface area contributed by atoms with Crippen LogP contribution in [-0.2, 0) is 14.2 Å². The molecule has 0 aromatic heterocycles. The molecule has 26 heavy (non-hydrogen) atoms. The monoisotopic (exact) mass is 402 g/mol. The predicted octanol–water partition coefficient (Wildman–Crippen LogP) is 4.60. The first-order valence-electron chi connectivity index (χ1n) is 7.93. The molecule has 0 radical (unpaired) electrons. The highest BCUT2D eigenvalue weighted by molar-refractivity contribution is 5.13. The molecular weight excluding hydrogens is 380 g/mol. The van der Waals surface area contributed by atoms with E-state index in [2.05, 4.69) is 14.2 Å². The molecule has 11 heteroatoms. The van der Waals surface area contributed by atoms with Gasteiger partial charge in [-0.2, -0.15) is 13.2 Å². The minimum atomic E-state index is -5.72. The molecule has 0 aromatic rings. The molecule has 3 nitrogen and oxygen atoms in total. The first-order chi connectivity index (χ1) is 11.8. The van der Waals surface area contributed by atoms with Crippen LogP contribution in [0.15, 0.2) is 0 Å². The first kappa shape index (κ1) is 23.4. The van der Waals surface area contributed by atoms with Crippen molar-refractivity contribution in [2.75, 3.05) is 27.1 Å². The van der Waals surface area contributed by atoms with E-state index >= 15 is 0 Å². The van der Waals surface area contributed by atoms with Crippen molar-refractivity contribution in [3.63, 3.8) is 0 Å². The second kappa shape index (κ2) is 8.14. The number of rotatable bonds is 8. The Morgan fingerprint density at radius 1 is 1.08 bits per heavy atom. The average molecular weight is 402 g/mol. The topological polar surface area (TPSA) is 27.7 Å². The molecule has 0 bridgehead atoms. The van der Waals surface area contributed by atoms with Crippen molar-refractivity contribution in [1.82, 2.24) is 0 Å². The molecule has 1 rings (SSSR count). The van der Waals surface area contributed by atoms with Gasteiger partial charge in [0.2, 0.25) is 5.60 Å². The number of ether oxygens (including phenoxy) is 3. The van der Waals surface area contributed by atoms with E-state index in [1.165, 1.54) is 14.0 Å². The number of methoxy groups -OCH3 is 1. The second-order valence-electron chi connectivity index (χ2n) is 6.36. The molecule has 0 aromatic carbocycles. The van der Waals surface area contributed by atoms with Crippen LogP contribution in [0.25, 0.3) is 0 Å². The summed E-state index contributed by atoms with van der Waals surface area (Å²) < 4.78 is 125. The Kier molecular flexibility index (Phi) is 7.31. The van der Waals surface area contributed by atoms with Gasteiger partial charge < -0.3 is 14.2 Å². The van der Waals surface area contributed by atoms with Crippen LogP contribution in [0.5, 0.6) is 0 Å². The van der Waals surface area contributed by atoms with E-state index in [0.29, 0.717) is 0 Å².